The second kappa shape index (κ2) is 11.2. The van der Waals surface area contributed by atoms with Gasteiger partial charge in [-0.3, -0.25) is 4.98 Å². The third kappa shape index (κ3) is 6.56. The maximum atomic E-state index is 12.5. The van der Waals surface area contributed by atoms with Gasteiger partial charge in [-0.1, -0.05) is 41.6 Å². The molecule has 0 bridgehead atoms. The Morgan fingerprint density at radius 1 is 1.00 bits per heavy atom. The summed E-state index contributed by atoms with van der Waals surface area (Å²) in [6.45, 7) is 11.1. The van der Waals surface area contributed by atoms with Crippen molar-refractivity contribution in [2.45, 2.75) is 63.8 Å². The lowest BCUT2D eigenvalue weighted by atomic mass is 10.1. The van der Waals surface area contributed by atoms with Crippen molar-refractivity contribution in [3.05, 3.63) is 72.1 Å². The summed E-state index contributed by atoms with van der Waals surface area (Å²) >= 11 is 0. The van der Waals surface area contributed by atoms with Gasteiger partial charge in [0.1, 0.15) is 17.0 Å². The molecular formula is C30H34N4O5S. The van der Waals surface area contributed by atoms with Crippen molar-refractivity contribution in [2.75, 3.05) is 7.05 Å². The van der Waals surface area contributed by atoms with Gasteiger partial charge in [-0.25, -0.2) is 18.2 Å². The van der Waals surface area contributed by atoms with Gasteiger partial charge in [0.25, 0.3) is 0 Å². The molecule has 0 aliphatic rings. The number of rotatable bonds is 7. The normalized spacial score (nSPS) is 12.0. The van der Waals surface area contributed by atoms with E-state index in [0.29, 0.717) is 35.1 Å². The van der Waals surface area contributed by atoms with Crippen molar-refractivity contribution in [2.24, 2.45) is 0 Å². The van der Waals surface area contributed by atoms with Crippen LogP contribution in [0.5, 0.6) is 0 Å². The van der Waals surface area contributed by atoms with E-state index in [4.69, 9.17) is 14.2 Å². The van der Waals surface area contributed by atoms with Crippen LogP contribution in [0, 0.1) is 6.92 Å². The summed E-state index contributed by atoms with van der Waals surface area (Å²) in [5.41, 5.74) is 4.43. The highest BCUT2D eigenvalue weighted by Gasteiger charge is 2.21. The average Bonchev–Trinajstić information content (AvgIpc) is 3.38. The lowest BCUT2D eigenvalue weighted by Gasteiger charge is -2.24. The number of hydrogen-bond donors (Lipinski definition) is 0. The van der Waals surface area contributed by atoms with Crippen LogP contribution in [0.2, 0.25) is 0 Å². The van der Waals surface area contributed by atoms with Crippen LogP contribution >= 0.6 is 0 Å². The minimum atomic E-state index is -3.36. The van der Waals surface area contributed by atoms with Gasteiger partial charge in [0.2, 0.25) is 0 Å². The zero-order chi connectivity index (χ0) is 29.2. The fourth-order valence-corrected chi connectivity index (χ4v) is 4.95. The molecule has 210 valence electrons. The highest BCUT2D eigenvalue weighted by atomic mass is 32.2. The molecule has 0 saturated carbocycles. The van der Waals surface area contributed by atoms with Gasteiger partial charge in [0, 0.05) is 30.8 Å². The van der Waals surface area contributed by atoms with Crippen LogP contribution in [-0.4, -0.2) is 52.4 Å². The van der Waals surface area contributed by atoms with Crippen molar-refractivity contribution in [1.29, 1.82) is 0 Å². The molecule has 0 aliphatic heterocycles. The van der Waals surface area contributed by atoms with Gasteiger partial charge >= 0.3 is 6.09 Å². The lowest BCUT2D eigenvalue weighted by Crippen LogP contribution is -2.33. The summed E-state index contributed by atoms with van der Waals surface area (Å²) in [5, 5.41) is 3.73. The van der Waals surface area contributed by atoms with E-state index >= 15 is 0 Å². The van der Waals surface area contributed by atoms with Crippen LogP contribution < -0.4 is 0 Å². The molecule has 2 aromatic carbocycles. The first-order valence-corrected chi connectivity index (χ1v) is 14.5. The summed E-state index contributed by atoms with van der Waals surface area (Å²) in [4.78, 5) is 23.3. The molecule has 9 nitrogen and oxygen atoms in total. The molecule has 4 aromatic rings. The Morgan fingerprint density at radius 2 is 1.60 bits per heavy atom. The number of ether oxygens (including phenoxy) is 1. The monoisotopic (exact) mass is 562 g/mol. The average molecular weight is 563 g/mol. The largest absolute Gasteiger partial charge is 0.444 e. The third-order valence-electron chi connectivity index (χ3n) is 6.17. The van der Waals surface area contributed by atoms with Gasteiger partial charge in [0.05, 0.1) is 27.7 Å². The molecule has 0 saturated heterocycles. The van der Waals surface area contributed by atoms with Crippen molar-refractivity contribution in [1.82, 2.24) is 20.0 Å². The lowest BCUT2D eigenvalue weighted by molar-refractivity contribution is 0.0285. The maximum Gasteiger partial charge on any atom is 0.410 e. The first kappa shape index (κ1) is 28.9. The Kier molecular flexibility index (Phi) is 8.11. The van der Waals surface area contributed by atoms with E-state index in [-0.39, 0.29) is 11.0 Å². The molecule has 10 heteroatoms. The molecule has 2 heterocycles. The molecule has 1 amide bonds. The van der Waals surface area contributed by atoms with E-state index < -0.39 is 20.7 Å². The van der Waals surface area contributed by atoms with E-state index in [1.165, 1.54) is 4.90 Å². The molecule has 0 aliphatic carbocycles. The number of nitrogens with zero attached hydrogens (tertiary/aromatic N) is 4. The molecule has 0 atom stereocenters. The fraction of sp³-hybridized carbons (Fsp3) is 0.333. The molecule has 0 N–H and O–H groups in total. The quantitative estimate of drug-likeness (QED) is 0.257. The number of benzene rings is 2. The number of aromatic nitrogens is 3. The van der Waals surface area contributed by atoms with E-state index in [0.717, 1.165) is 16.7 Å². The molecule has 0 radical (unpaired) electrons. The molecular weight excluding hydrogens is 528 g/mol. The Morgan fingerprint density at radius 3 is 2.20 bits per heavy atom. The van der Waals surface area contributed by atoms with Gasteiger partial charge in [-0.05, 0) is 59.2 Å². The molecule has 0 fully saturated rings. The number of carbonyl (C=O) groups excluding carboxylic acids is 1. The molecule has 0 spiro atoms. The molecule has 40 heavy (non-hydrogen) atoms. The Hall–Kier alpha value is -4.05. The standard InChI is InChI=1S/C30H34N4O5S/c1-19(2)40(36,37)24-14-12-23(13-15-24)26-17-31-20(3)28(32-26)27-16-25(33-39-27)22-10-8-21(9-11-22)18-34(7)29(35)38-30(4,5)6/h8-17,19H,18H2,1-7H3. The van der Waals surface area contributed by atoms with E-state index in [2.05, 4.69) is 10.1 Å². The Balaban J connectivity index is 1.52. The Bertz CT molecular complexity index is 1600. The predicted octanol–water partition coefficient (Wildman–Crippen LogP) is 6.32. The Labute approximate surface area is 235 Å². The summed E-state index contributed by atoms with van der Waals surface area (Å²) < 4.78 is 36.0. The van der Waals surface area contributed by atoms with Crippen LogP contribution in [0.15, 0.2) is 70.2 Å². The molecule has 2 aromatic heterocycles. The summed E-state index contributed by atoms with van der Waals surface area (Å²) in [6, 6.07) is 16.1. The first-order chi connectivity index (χ1) is 18.7. The van der Waals surface area contributed by atoms with Crippen LogP contribution in [-0.2, 0) is 21.1 Å². The number of carbonyl (C=O) groups is 1. The summed E-state index contributed by atoms with van der Waals surface area (Å²) in [5.74, 6) is 0.467. The van der Waals surface area contributed by atoms with E-state index in [9.17, 15) is 13.2 Å². The first-order valence-electron chi connectivity index (χ1n) is 12.9. The SMILES string of the molecule is Cc1ncc(-c2ccc(S(=O)(=O)C(C)C)cc2)nc1-c1cc(-c2ccc(CN(C)C(=O)OC(C)(C)C)cc2)no1. The minimum absolute atomic E-state index is 0.272. The van der Waals surface area contributed by atoms with Crippen LogP contribution in [0.3, 0.4) is 0 Å². The molecule has 4 rings (SSSR count). The smallest absolute Gasteiger partial charge is 0.410 e. The van der Waals surface area contributed by atoms with Crippen molar-refractivity contribution in [3.8, 4) is 34.0 Å². The van der Waals surface area contributed by atoms with Crippen LogP contribution in [0.1, 0.15) is 45.9 Å². The number of sulfone groups is 1. The van der Waals surface area contributed by atoms with Crippen LogP contribution in [0.25, 0.3) is 34.0 Å². The van der Waals surface area contributed by atoms with Gasteiger partial charge in [-0.2, -0.15) is 0 Å². The van der Waals surface area contributed by atoms with Crippen molar-refractivity contribution >= 4 is 15.9 Å². The van der Waals surface area contributed by atoms with Gasteiger partial charge < -0.3 is 14.2 Å². The number of hydrogen-bond acceptors (Lipinski definition) is 8. The fourth-order valence-electron chi connectivity index (χ4n) is 3.89. The minimum Gasteiger partial charge on any atom is -0.444 e. The summed E-state index contributed by atoms with van der Waals surface area (Å²) in [7, 11) is -1.66. The molecule has 0 unspecified atom stereocenters. The zero-order valence-corrected chi connectivity index (χ0v) is 24.6. The van der Waals surface area contributed by atoms with Crippen LogP contribution in [0.4, 0.5) is 4.79 Å². The highest BCUT2D eigenvalue weighted by Crippen LogP contribution is 2.29. The number of aryl methyl sites for hydroxylation is 1. The van der Waals surface area contributed by atoms with E-state index in [1.54, 1.807) is 57.4 Å². The number of amides is 1. The predicted molar refractivity (Wildman–Crippen MR) is 153 cm³/mol. The third-order valence-corrected chi connectivity index (χ3v) is 8.34. The second-order valence-electron chi connectivity index (χ2n) is 10.9. The summed E-state index contributed by atoms with van der Waals surface area (Å²) in [6.07, 6.45) is 1.27. The van der Waals surface area contributed by atoms with Crippen molar-refractivity contribution < 1.29 is 22.5 Å². The highest BCUT2D eigenvalue weighted by molar-refractivity contribution is 7.92. The van der Waals surface area contributed by atoms with Gasteiger partial charge in [-0.15, -0.1) is 0 Å². The van der Waals surface area contributed by atoms with E-state index in [1.807, 2.05) is 52.0 Å². The topological polar surface area (TPSA) is 115 Å². The van der Waals surface area contributed by atoms with Gasteiger partial charge in [0.15, 0.2) is 15.6 Å². The maximum absolute atomic E-state index is 12.5. The van der Waals surface area contributed by atoms with Crippen molar-refractivity contribution in [3.63, 3.8) is 0 Å². The second-order valence-corrected chi connectivity index (χ2v) is 13.4. The zero-order valence-electron chi connectivity index (χ0n) is 23.8.